The largest absolute Gasteiger partial charge is 0.362 e. The minimum atomic E-state index is -0.498. The molecule has 0 N–H and O–H groups in total. The van der Waals surface area contributed by atoms with Gasteiger partial charge in [-0.05, 0) is 25.0 Å². The number of anilines is 1. The first-order valence-corrected chi connectivity index (χ1v) is 9.11. The van der Waals surface area contributed by atoms with Crippen LogP contribution in [0.3, 0.4) is 0 Å². The lowest BCUT2D eigenvalue weighted by Crippen LogP contribution is -2.28. The van der Waals surface area contributed by atoms with Crippen LogP contribution in [0, 0.1) is 10.1 Å². The third kappa shape index (κ3) is 3.13. The number of hydrogen-bond donors (Lipinski definition) is 0. The maximum absolute atomic E-state index is 12.8. The second-order valence-corrected chi connectivity index (χ2v) is 7.01. The summed E-state index contributed by atoms with van der Waals surface area (Å²) in [5.41, 5.74) is 1.53. The highest BCUT2D eigenvalue weighted by atomic mass is 35.5. The van der Waals surface area contributed by atoms with Gasteiger partial charge in [-0.2, -0.15) is 14.9 Å². The summed E-state index contributed by atoms with van der Waals surface area (Å²) in [5, 5.41) is 19.4. The van der Waals surface area contributed by atoms with Crippen LogP contribution in [0.15, 0.2) is 47.7 Å². The molecule has 144 valence electrons. The third-order valence-electron chi connectivity index (χ3n) is 4.88. The molecule has 9 nitrogen and oxygen atoms in total. The molecule has 10 heteroatoms. The minimum absolute atomic E-state index is 0.0594. The number of hydrogen-bond acceptors (Lipinski definition) is 6. The Kier molecular flexibility index (Phi) is 4.60. The summed E-state index contributed by atoms with van der Waals surface area (Å²) < 4.78 is 2.89. The Morgan fingerprint density at radius 1 is 1.21 bits per heavy atom. The van der Waals surface area contributed by atoms with Crippen molar-refractivity contribution in [3.05, 3.63) is 73.9 Å². The van der Waals surface area contributed by atoms with Crippen molar-refractivity contribution in [3.8, 4) is 5.69 Å². The van der Waals surface area contributed by atoms with Crippen LogP contribution in [0.25, 0.3) is 5.69 Å². The fourth-order valence-corrected chi connectivity index (χ4v) is 3.78. The zero-order chi connectivity index (χ0) is 19.8. The standard InChI is InChI=1S/C18H17ClN6O3/c1-22-11-12(9-20-22)15-3-2-8-23(15)16-10-21-24(18(26)17(16)19)13-4-6-14(7-5-13)25(27)28/h4-7,9-11,15H,2-3,8H2,1H3. The smallest absolute Gasteiger partial charge is 0.292 e. The van der Waals surface area contributed by atoms with Gasteiger partial charge in [0.1, 0.15) is 5.02 Å². The maximum atomic E-state index is 12.8. The van der Waals surface area contributed by atoms with Gasteiger partial charge in [0, 0.05) is 37.5 Å². The van der Waals surface area contributed by atoms with Gasteiger partial charge in [-0.15, -0.1) is 0 Å². The zero-order valence-corrected chi connectivity index (χ0v) is 15.8. The molecule has 1 aliphatic heterocycles. The molecule has 28 heavy (non-hydrogen) atoms. The van der Waals surface area contributed by atoms with E-state index in [1.54, 1.807) is 10.9 Å². The quantitative estimate of drug-likeness (QED) is 0.493. The Hall–Kier alpha value is -3.20. The first kappa shape index (κ1) is 18.2. The summed E-state index contributed by atoms with van der Waals surface area (Å²) >= 11 is 6.42. The second kappa shape index (κ2) is 7.08. The molecule has 3 heterocycles. The third-order valence-corrected chi connectivity index (χ3v) is 5.23. The molecule has 4 rings (SSSR count). The molecule has 1 aromatic carbocycles. The second-order valence-electron chi connectivity index (χ2n) is 6.63. The lowest BCUT2D eigenvalue weighted by atomic mass is 10.1. The molecule has 3 aromatic rings. The van der Waals surface area contributed by atoms with Crippen LogP contribution >= 0.6 is 11.6 Å². The number of aryl methyl sites for hydroxylation is 1. The number of non-ortho nitro benzene ring substituents is 1. The number of halogens is 1. The fourth-order valence-electron chi connectivity index (χ4n) is 3.54. The van der Waals surface area contributed by atoms with Crippen molar-refractivity contribution in [2.45, 2.75) is 18.9 Å². The van der Waals surface area contributed by atoms with E-state index in [0.29, 0.717) is 11.4 Å². The van der Waals surface area contributed by atoms with Gasteiger partial charge in [-0.25, -0.2) is 0 Å². The van der Waals surface area contributed by atoms with Crippen LogP contribution in [0.2, 0.25) is 5.02 Å². The Balaban J connectivity index is 1.69. The van der Waals surface area contributed by atoms with Gasteiger partial charge in [0.05, 0.1) is 34.7 Å². The van der Waals surface area contributed by atoms with Crippen LogP contribution in [-0.4, -0.2) is 31.0 Å². The van der Waals surface area contributed by atoms with Crippen LogP contribution in [0.4, 0.5) is 11.4 Å². The van der Waals surface area contributed by atoms with Crippen LogP contribution in [0.5, 0.6) is 0 Å². The summed E-state index contributed by atoms with van der Waals surface area (Å²) in [4.78, 5) is 25.2. The first-order chi connectivity index (χ1) is 13.5. The van der Waals surface area contributed by atoms with Gasteiger partial charge in [0.25, 0.3) is 11.2 Å². The molecule has 1 aliphatic rings. The number of aromatic nitrogens is 4. The van der Waals surface area contributed by atoms with Gasteiger partial charge >= 0.3 is 0 Å². The highest BCUT2D eigenvalue weighted by Gasteiger charge is 2.30. The molecular formula is C18H17ClN6O3. The normalized spacial score (nSPS) is 16.5. The van der Waals surface area contributed by atoms with Crippen molar-refractivity contribution in [2.75, 3.05) is 11.4 Å². The molecule has 0 aliphatic carbocycles. The van der Waals surface area contributed by atoms with E-state index in [-0.39, 0.29) is 16.8 Å². The summed E-state index contributed by atoms with van der Waals surface area (Å²) in [5.74, 6) is 0. The Labute approximate surface area is 164 Å². The van der Waals surface area contributed by atoms with E-state index in [0.717, 1.165) is 29.6 Å². The summed E-state index contributed by atoms with van der Waals surface area (Å²) in [6.07, 6.45) is 7.26. The monoisotopic (exact) mass is 400 g/mol. The molecule has 1 unspecified atom stereocenters. The van der Waals surface area contributed by atoms with E-state index in [1.165, 1.54) is 24.3 Å². The lowest BCUT2D eigenvalue weighted by molar-refractivity contribution is -0.384. The molecule has 1 fully saturated rings. The fraction of sp³-hybridized carbons (Fsp3) is 0.278. The maximum Gasteiger partial charge on any atom is 0.292 e. The number of nitrogens with zero attached hydrogens (tertiary/aromatic N) is 6. The first-order valence-electron chi connectivity index (χ1n) is 8.73. The highest BCUT2D eigenvalue weighted by molar-refractivity contribution is 6.33. The molecule has 0 amide bonds. The van der Waals surface area contributed by atoms with Gasteiger partial charge in [0.15, 0.2) is 0 Å². The molecule has 1 saturated heterocycles. The van der Waals surface area contributed by atoms with E-state index in [4.69, 9.17) is 11.6 Å². The highest BCUT2D eigenvalue weighted by Crippen LogP contribution is 2.37. The molecule has 0 saturated carbocycles. The topological polar surface area (TPSA) is 99.1 Å². The average Bonchev–Trinajstić information content (AvgIpc) is 3.33. The van der Waals surface area contributed by atoms with Crippen molar-refractivity contribution in [3.63, 3.8) is 0 Å². The Morgan fingerprint density at radius 3 is 2.61 bits per heavy atom. The van der Waals surface area contributed by atoms with Crippen molar-refractivity contribution in [2.24, 2.45) is 7.05 Å². The van der Waals surface area contributed by atoms with Gasteiger partial charge in [-0.3, -0.25) is 19.6 Å². The van der Waals surface area contributed by atoms with E-state index in [2.05, 4.69) is 15.1 Å². The predicted octanol–water partition coefficient (Wildman–Crippen LogP) is 2.87. The summed E-state index contributed by atoms with van der Waals surface area (Å²) in [6, 6.07) is 5.67. The molecule has 0 spiro atoms. The van der Waals surface area contributed by atoms with Crippen LogP contribution < -0.4 is 10.5 Å². The van der Waals surface area contributed by atoms with Crippen molar-refractivity contribution in [1.82, 2.24) is 19.6 Å². The van der Waals surface area contributed by atoms with Crippen molar-refractivity contribution in [1.29, 1.82) is 0 Å². The van der Waals surface area contributed by atoms with Gasteiger partial charge in [0.2, 0.25) is 0 Å². The molecule has 0 bridgehead atoms. The SMILES string of the molecule is Cn1cc(C2CCCN2c2cnn(-c3ccc([N+](=O)[O-])cc3)c(=O)c2Cl)cn1. The van der Waals surface area contributed by atoms with Crippen molar-refractivity contribution < 1.29 is 4.92 Å². The summed E-state index contributed by atoms with van der Waals surface area (Å²) in [7, 11) is 1.86. The van der Waals surface area contributed by atoms with E-state index in [1.807, 2.05) is 19.4 Å². The van der Waals surface area contributed by atoms with E-state index >= 15 is 0 Å². The Bertz CT molecular complexity index is 1090. The Morgan fingerprint density at radius 2 is 1.96 bits per heavy atom. The molecule has 1 atom stereocenters. The minimum Gasteiger partial charge on any atom is -0.362 e. The lowest BCUT2D eigenvalue weighted by Gasteiger charge is -2.26. The number of nitro benzene ring substituents is 1. The number of nitro groups is 1. The molecule has 0 radical (unpaired) electrons. The summed E-state index contributed by atoms with van der Waals surface area (Å²) in [6.45, 7) is 0.766. The molecular weight excluding hydrogens is 384 g/mol. The molecule has 2 aromatic heterocycles. The van der Waals surface area contributed by atoms with Crippen LogP contribution in [0.1, 0.15) is 24.4 Å². The predicted molar refractivity (Wildman–Crippen MR) is 104 cm³/mol. The number of rotatable bonds is 4. The van der Waals surface area contributed by atoms with Crippen LogP contribution in [-0.2, 0) is 7.05 Å². The van der Waals surface area contributed by atoms with Crippen molar-refractivity contribution >= 4 is 23.0 Å². The number of benzene rings is 1. The zero-order valence-electron chi connectivity index (χ0n) is 15.0. The van der Waals surface area contributed by atoms with Gasteiger partial charge < -0.3 is 4.90 Å². The van der Waals surface area contributed by atoms with E-state index < -0.39 is 10.5 Å². The van der Waals surface area contributed by atoms with E-state index in [9.17, 15) is 14.9 Å². The van der Waals surface area contributed by atoms with Gasteiger partial charge in [-0.1, -0.05) is 11.6 Å². The average molecular weight is 401 g/mol.